The van der Waals surface area contributed by atoms with Gasteiger partial charge < -0.3 is 4.74 Å². The summed E-state index contributed by atoms with van der Waals surface area (Å²) < 4.78 is 6.14. The van der Waals surface area contributed by atoms with E-state index in [1.165, 1.54) is 121 Å². The Kier molecular flexibility index (Phi) is 14.6. The molecule has 2 nitrogen and oxygen atoms in total. The van der Waals surface area contributed by atoms with Crippen LogP contribution in [-0.2, 0) is 9.53 Å². The predicted molar refractivity (Wildman–Crippen MR) is 198 cm³/mol. The van der Waals surface area contributed by atoms with E-state index in [0.29, 0.717) is 29.1 Å². The second kappa shape index (κ2) is 17.9. The average molecular weight is 635 g/mol. The van der Waals surface area contributed by atoms with Crippen LogP contribution in [0.4, 0.5) is 0 Å². The number of unbranched alkanes of at least 4 members (excludes halogenated alkanes) is 9. The Balaban J connectivity index is 1.17. The smallest absolute Gasteiger partial charge is 0.306 e. The summed E-state index contributed by atoms with van der Waals surface area (Å²) in [6.45, 7) is 19.1. The van der Waals surface area contributed by atoms with Crippen LogP contribution in [0.2, 0.25) is 0 Å². The third kappa shape index (κ3) is 9.43. The van der Waals surface area contributed by atoms with Gasteiger partial charge in [-0.05, 0) is 143 Å². The Morgan fingerprint density at radius 3 is 2.28 bits per heavy atom. The van der Waals surface area contributed by atoms with Gasteiger partial charge in [0.15, 0.2) is 0 Å². The Labute approximate surface area is 286 Å². The van der Waals surface area contributed by atoms with Gasteiger partial charge in [-0.15, -0.1) is 0 Å². The molecule has 0 amide bonds. The van der Waals surface area contributed by atoms with Crippen molar-refractivity contribution < 1.29 is 9.53 Å². The molecule has 7 atom stereocenters. The minimum atomic E-state index is 0.0619. The summed E-state index contributed by atoms with van der Waals surface area (Å²) in [4.78, 5) is 12.8. The van der Waals surface area contributed by atoms with Gasteiger partial charge in [0.05, 0.1) is 0 Å². The highest BCUT2D eigenvalue weighted by Crippen LogP contribution is 2.66. The molecule has 0 aliphatic heterocycles. The molecular weight excluding hydrogens is 560 g/mol. The molecule has 0 saturated heterocycles. The lowest BCUT2D eigenvalue weighted by Crippen LogP contribution is -2.46. The third-order valence-corrected chi connectivity index (χ3v) is 13.9. The van der Waals surface area contributed by atoms with Crippen molar-refractivity contribution in [3.05, 3.63) is 35.5 Å². The third-order valence-electron chi connectivity index (χ3n) is 13.9. The molecule has 0 radical (unpaired) electrons. The first-order chi connectivity index (χ1) is 22.1. The summed E-state index contributed by atoms with van der Waals surface area (Å²) >= 11 is 0. The Hall–Kier alpha value is -1.31. The van der Waals surface area contributed by atoms with Crippen molar-refractivity contribution >= 4 is 5.97 Å². The molecule has 0 bridgehead atoms. The molecule has 2 saturated carbocycles. The van der Waals surface area contributed by atoms with E-state index in [9.17, 15) is 4.79 Å². The summed E-state index contributed by atoms with van der Waals surface area (Å²) in [5.41, 5.74) is 6.01. The van der Waals surface area contributed by atoms with Crippen LogP contribution < -0.4 is 0 Å². The topological polar surface area (TPSA) is 26.3 Å². The number of carbonyl (C=O) groups is 1. The minimum absolute atomic E-state index is 0.0619. The molecule has 0 heterocycles. The van der Waals surface area contributed by atoms with Crippen molar-refractivity contribution in [2.45, 2.75) is 195 Å². The van der Waals surface area contributed by atoms with Crippen molar-refractivity contribution in [2.75, 3.05) is 0 Å². The number of hydrogen-bond donors (Lipinski definition) is 0. The quantitative estimate of drug-likeness (QED) is 0.0802. The molecule has 0 aromatic rings. The number of hydrogen-bond acceptors (Lipinski definition) is 2. The lowest BCUT2D eigenvalue weighted by molar-refractivity contribution is -0.153. The molecule has 2 heteroatoms. The molecule has 4 rings (SSSR count). The zero-order valence-electron chi connectivity index (χ0n) is 31.4. The lowest BCUT2D eigenvalue weighted by Gasteiger charge is -2.55. The molecule has 0 spiro atoms. The van der Waals surface area contributed by atoms with Crippen LogP contribution in [0.5, 0.6) is 0 Å². The van der Waals surface area contributed by atoms with Gasteiger partial charge in [0.2, 0.25) is 0 Å². The summed E-state index contributed by atoms with van der Waals surface area (Å²) in [6.07, 6.45) is 33.3. The first-order valence-electron chi connectivity index (χ1n) is 20.3. The van der Waals surface area contributed by atoms with E-state index in [0.717, 1.165) is 43.4 Å². The van der Waals surface area contributed by atoms with Crippen LogP contribution in [0.15, 0.2) is 35.5 Å². The summed E-state index contributed by atoms with van der Waals surface area (Å²) in [5, 5.41) is 0. The highest BCUT2D eigenvalue weighted by molar-refractivity contribution is 5.69. The van der Waals surface area contributed by atoms with E-state index in [2.05, 4.69) is 60.3 Å². The summed E-state index contributed by atoms with van der Waals surface area (Å²) in [5.74, 6) is 3.82. The molecule has 4 aliphatic carbocycles. The van der Waals surface area contributed by atoms with Gasteiger partial charge in [-0.1, -0.05) is 116 Å². The van der Waals surface area contributed by atoms with Gasteiger partial charge in [0, 0.05) is 6.42 Å². The van der Waals surface area contributed by atoms with Crippen molar-refractivity contribution in [1.29, 1.82) is 0 Å². The molecule has 4 aliphatic rings. The van der Waals surface area contributed by atoms with E-state index < -0.39 is 0 Å². The van der Waals surface area contributed by atoms with Crippen LogP contribution in [0.1, 0.15) is 189 Å². The van der Waals surface area contributed by atoms with E-state index in [1.54, 1.807) is 0 Å². The van der Waals surface area contributed by atoms with Gasteiger partial charge in [-0.3, -0.25) is 4.79 Å². The standard InChI is InChI=1S/C44H74O2/c1-8-9-10-11-12-13-14-15-16-17-18-19-20-21-42(45)46-37-28-30-43(6)36(32-37)24-25-38-40-27-26-39(44(40,7)31-29-41(38)43)35(5)23-22-34(4)33(2)3/h13-14,33,35-37,39-40H,4,8-12,15-32H2,1-3,5-7H3/b14-13-/t35-,36+,37+,39-,40+,43+,44-/m1/s1. The van der Waals surface area contributed by atoms with E-state index >= 15 is 0 Å². The number of carbonyl (C=O) groups excluding carboxylic acids is 1. The molecule has 0 N–H and O–H groups in total. The van der Waals surface area contributed by atoms with E-state index in [4.69, 9.17) is 4.74 Å². The number of ether oxygens (including phenoxy) is 1. The molecule has 262 valence electrons. The molecular formula is C44H74O2. The van der Waals surface area contributed by atoms with Gasteiger partial charge in [0.1, 0.15) is 6.10 Å². The highest BCUT2D eigenvalue weighted by Gasteiger charge is 2.56. The molecule has 0 aromatic carbocycles. The maximum atomic E-state index is 12.8. The van der Waals surface area contributed by atoms with Gasteiger partial charge in [-0.2, -0.15) is 0 Å². The largest absolute Gasteiger partial charge is 0.462 e. The molecule has 0 aromatic heterocycles. The highest BCUT2D eigenvalue weighted by atomic mass is 16.5. The zero-order chi connectivity index (χ0) is 33.2. The summed E-state index contributed by atoms with van der Waals surface area (Å²) in [7, 11) is 0. The second-order valence-electron chi connectivity index (χ2n) is 17.2. The Morgan fingerprint density at radius 2 is 1.57 bits per heavy atom. The first kappa shape index (κ1) is 37.5. The minimum Gasteiger partial charge on any atom is -0.462 e. The fraction of sp³-hybridized carbons (Fsp3) is 0.841. The van der Waals surface area contributed by atoms with Gasteiger partial charge in [-0.25, -0.2) is 0 Å². The summed E-state index contributed by atoms with van der Waals surface area (Å²) in [6, 6.07) is 0. The monoisotopic (exact) mass is 635 g/mol. The van der Waals surface area contributed by atoms with Crippen molar-refractivity contribution in [3.63, 3.8) is 0 Å². The number of rotatable bonds is 19. The fourth-order valence-corrected chi connectivity index (χ4v) is 10.6. The maximum absolute atomic E-state index is 12.8. The second-order valence-corrected chi connectivity index (χ2v) is 17.2. The fourth-order valence-electron chi connectivity index (χ4n) is 10.6. The lowest BCUT2D eigenvalue weighted by atomic mass is 9.50. The van der Waals surface area contributed by atoms with Crippen LogP contribution in [-0.4, -0.2) is 12.1 Å². The molecule has 2 fully saturated rings. The predicted octanol–water partition coefficient (Wildman–Crippen LogP) is 13.5. The SMILES string of the molecule is C=C(CC[C@@H](C)[C@H]1CC[C@H]2C3=C(CC[C@]12C)[C@@]1(C)CC[C@H](OC(=O)CCCCCCC/C=C\CCCCCC)C[C@@H]1CC3)C(C)C. The normalized spacial score (nSPS) is 31.5. The van der Waals surface area contributed by atoms with Crippen molar-refractivity contribution in [3.8, 4) is 0 Å². The van der Waals surface area contributed by atoms with Crippen LogP contribution >= 0.6 is 0 Å². The van der Waals surface area contributed by atoms with Crippen LogP contribution in [0.3, 0.4) is 0 Å². The molecule has 46 heavy (non-hydrogen) atoms. The number of esters is 1. The first-order valence-corrected chi connectivity index (χ1v) is 20.3. The van der Waals surface area contributed by atoms with E-state index in [1.807, 2.05) is 11.1 Å². The van der Waals surface area contributed by atoms with Crippen LogP contribution in [0.25, 0.3) is 0 Å². The van der Waals surface area contributed by atoms with Gasteiger partial charge >= 0.3 is 5.97 Å². The van der Waals surface area contributed by atoms with Crippen LogP contribution in [0, 0.1) is 40.4 Å². The average Bonchev–Trinajstić information content (AvgIpc) is 3.39. The Bertz CT molecular complexity index is 1030. The van der Waals surface area contributed by atoms with Crippen molar-refractivity contribution in [1.82, 2.24) is 0 Å². The van der Waals surface area contributed by atoms with Crippen molar-refractivity contribution in [2.24, 2.45) is 40.4 Å². The maximum Gasteiger partial charge on any atom is 0.306 e. The van der Waals surface area contributed by atoms with E-state index in [-0.39, 0.29) is 12.1 Å². The number of fused-ring (bicyclic) bond motifs is 4. The zero-order valence-corrected chi connectivity index (χ0v) is 31.4. The number of allylic oxidation sites excluding steroid dienone is 5. The molecule has 0 unspecified atom stereocenters. The Morgan fingerprint density at radius 1 is 0.870 bits per heavy atom. The van der Waals surface area contributed by atoms with Gasteiger partial charge in [0.25, 0.3) is 0 Å².